The van der Waals surface area contributed by atoms with E-state index in [1.807, 2.05) is 19.1 Å². The standard InChI is InChI=1S/C17H20N2O3/c1-3-5-12-19-16(20)11-10-15(18-19)17(21)22-14-8-6-13(4-2)7-9-14/h6-11H,3-5,12H2,1-2H3. The lowest BCUT2D eigenvalue weighted by Crippen LogP contribution is -2.25. The minimum atomic E-state index is -0.561. The minimum Gasteiger partial charge on any atom is -0.422 e. The van der Waals surface area contributed by atoms with Crippen molar-refractivity contribution in [3.8, 4) is 5.75 Å². The molecule has 22 heavy (non-hydrogen) atoms. The summed E-state index contributed by atoms with van der Waals surface area (Å²) in [6.07, 6.45) is 2.72. The molecule has 5 nitrogen and oxygen atoms in total. The summed E-state index contributed by atoms with van der Waals surface area (Å²) in [6.45, 7) is 4.59. The van der Waals surface area contributed by atoms with Crippen molar-refractivity contribution in [3.63, 3.8) is 0 Å². The average molecular weight is 300 g/mol. The van der Waals surface area contributed by atoms with Gasteiger partial charge in [-0.15, -0.1) is 0 Å². The first kappa shape index (κ1) is 15.9. The van der Waals surface area contributed by atoms with Crippen LogP contribution in [0.25, 0.3) is 0 Å². The SMILES string of the molecule is CCCCn1nc(C(=O)Oc2ccc(CC)cc2)ccc1=O. The highest BCUT2D eigenvalue weighted by Crippen LogP contribution is 2.13. The van der Waals surface area contributed by atoms with Crippen LogP contribution < -0.4 is 10.3 Å². The van der Waals surface area contributed by atoms with E-state index in [0.717, 1.165) is 19.3 Å². The van der Waals surface area contributed by atoms with Crippen molar-refractivity contribution in [2.75, 3.05) is 0 Å². The van der Waals surface area contributed by atoms with Gasteiger partial charge in [0, 0.05) is 12.6 Å². The maximum absolute atomic E-state index is 12.1. The van der Waals surface area contributed by atoms with Crippen LogP contribution in [-0.2, 0) is 13.0 Å². The molecule has 2 rings (SSSR count). The zero-order valence-electron chi connectivity index (χ0n) is 12.9. The molecular weight excluding hydrogens is 280 g/mol. The zero-order chi connectivity index (χ0) is 15.9. The van der Waals surface area contributed by atoms with Gasteiger partial charge in [-0.05, 0) is 36.6 Å². The number of ether oxygens (including phenoxy) is 1. The van der Waals surface area contributed by atoms with Crippen LogP contribution in [0.15, 0.2) is 41.2 Å². The van der Waals surface area contributed by atoms with Gasteiger partial charge in [-0.3, -0.25) is 4.79 Å². The van der Waals surface area contributed by atoms with Crippen LogP contribution in [0.5, 0.6) is 5.75 Å². The lowest BCUT2D eigenvalue weighted by Gasteiger charge is -2.07. The molecule has 0 aliphatic heterocycles. The van der Waals surface area contributed by atoms with Crippen molar-refractivity contribution in [3.05, 3.63) is 58.0 Å². The molecule has 0 spiro atoms. The van der Waals surface area contributed by atoms with Gasteiger partial charge in [0.05, 0.1) is 0 Å². The number of hydrogen-bond donors (Lipinski definition) is 0. The number of carbonyl (C=O) groups excluding carboxylic acids is 1. The second kappa shape index (κ2) is 7.54. The second-order valence-electron chi connectivity index (χ2n) is 5.02. The first-order valence-electron chi connectivity index (χ1n) is 7.53. The van der Waals surface area contributed by atoms with Crippen molar-refractivity contribution >= 4 is 5.97 Å². The summed E-state index contributed by atoms with van der Waals surface area (Å²) in [5.41, 5.74) is 1.10. The van der Waals surface area contributed by atoms with Crippen LogP contribution in [0.3, 0.4) is 0 Å². The Labute approximate surface area is 129 Å². The van der Waals surface area contributed by atoms with Gasteiger partial charge < -0.3 is 4.74 Å². The predicted molar refractivity (Wildman–Crippen MR) is 84.2 cm³/mol. The Hall–Kier alpha value is -2.43. The summed E-state index contributed by atoms with van der Waals surface area (Å²) in [6, 6.07) is 10.1. The first-order chi connectivity index (χ1) is 10.6. The van der Waals surface area contributed by atoms with E-state index in [-0.39, 0.29) is 11.3 Å². The Bertz CT molecular complexity index is 690. The fourth-order valence-electron chi connectivity index (χ4n) is 1.98. The molecule has 0 atom stereocenters. The van der Waals surface area contributed by atoms with Crippen molar-refractivity contribution in [2.45, 2.75) is 39.7 Å². The maximum Gasteiger partial charge on any atom is 0.364 e. The number of unbranched alkanes of at least 4 members (excludes halogenated alkanes) is 1. The summed E-state index contributed by atoms with van der Waals surface area (Å²) in [5.74, 6) is -0.0928. The molecular formula is C17H20N2O3. The van der Waals surface area contributed by atoms with E-state index in [1.165, 1.54) is 22.4 Å². The molecule has 0 N–H and O–H groups in total. The molecule has 0 saturated carbocycles. The van der Waals surface area contributed by atoms with Crippen molar-refractivity contribution in [1.29, 1.82) is 0 Å². The highest BCUT2D eigenvalue weighted by Gasteiger charge is 2.12. The molecule has 1 heterocycles. The van der Waals surface area contributed by atoms with Crippen LogP contribution in [0.4, 0.5) is 0 Å². The molecule has 5 heteroatoms. The lowest BCUT2D eigenvalue weighted by atomic mass is 10.2. The van der Waals surface area contributed by atoms with E-state index in [4.69, 9.17) is 4.74 Å². The topological polar surface area (TPSA) is 61.2 Å². The Kier molecular flexibility index (Phi) is 5.47. The maximum atomic E-state index is 12.1. The van der Waals surface area contributed by atoms with Crippen LogP contribution in [0.2, 0.25) is 0 Å². The molecule has 116 valence electrons. The molecule has 0 bridgehead atoms. The van der Waals surface area contributed by atoms with Crippen LogP contribution in [0.1, 0.15) is 42.7 Å². The zero-order valence-corrected chi connectivity index (χ0v) is 12.9. The Morgan fingerprint density at radius 1 is 1.14 bits per heavy atom. The van der Waals surface area contributed by atoms with Crippen LogP contribution in [0, 0.1) is 0 Å². The molecule has 1 aromatic heterocycles. The van der Waals surface area contributed by atoms with Crippen LogP contribution in [-0.4, -0.2) is 15.7 Å². The molecule has 0 aliphatic carbocycles. The normalized spacial score (nSPS) is 10.5. The highest BCUT2D eigenvalue weighted by atomic mass is 16.5. The quantitative estimate of drug-likeness (QED) is 0.608. The number of hydrogen-bond acceptors (Lipinski definition) is 4. The monoisotopic (exact) mass is 300 g/mol. The Balaban J connectivity index is 2.12. The number of aryl methyl sites for hydroxylation is 2. The van der Waals surface area contributed by atoms with Crippen LogP contribution >= 0.6 is 0 Å². The van der Waals surface area contributed by atoms with E-state index < -0.39 is 5.97 Å². The number of nitrogens with zero attached hydrogens (tertiary/aromatic N) is 2. The number of aromatic nitrogens is 2. The molecule has 0 amide bonds. The van der Waals surface area contributed by atoms with Crippen molar-refractivity contribution in [2.24, 2.45) is 0 Å². The smallest absolute Gasteiger partial charge is 0.364 e. The molecule has 0 saturated heterocycles. The van der Waals surface area contributed by atoms with Gasteiger partial charge >= 0.3 is 5.97 Å². The summed E-state index contributed by atoms with van der Waals surface area (Å²) in [7, 11) is 0. The molecule has 0 radical (unpaired) electrons. The minimum absolute atomic E-state index is 0.135. The summed E-state index contributed by atoms with van der Waals surface area (Å²) >= 11 is 0. The van der Waals surface area contributed by atoms with Gasteiger partial charge in [0.1, 0.15) is 5.75 Å². The number of carbonyl (C=O) groups is 1. The number of esters is 1. The fourth-order valence-corrected chi connectivity index (χ4v) is 1.98. The summed E-state index contributed by atoms with van der Waals surface area (Å²) < 4.78 is 6.59. The average Bonchev–Trinajstić information content (AvgIpc) is 2.54. The lowest BCUT2D eigenvalue weighted by molar-refractivity contribution is 0.0725. The van der Waals surface area contributed by atoms with E-state index in [9.17, 15) is 9.59 Å². The predicted octanol–water partition coefficient (Wildman–Crippen LogP) is 2.83. The largest absolute Gasteiger partial charge is 0.422 e. The van der Waals surface area contributed by atoms with Gasteiger partial charge in [0.15, 0.2) is 5.69 Å². The molecule has 2 aromatic rings. The third kappa shape index (κ3) is 4.04. The van der Waals surface area contributed by atoms with Gasteiger partial charge in [0.2, 0.25) is 0 Å². The first-order valence-corrected chi connectivity index (χ1v) is 7.53. The van der Waals surface area contributed by atoms with E-state index in [2.05, 4.69) is 12.0 Å². The third-order valence-electron chi connectivity index (χ3n) is 3.34. The molecule has 0 unspecified atom stereocenters. The summed E-state index contributed by atoms with van der Waals surface area (Å²) in [5, 5.41) is 4.07. The van der Waals surface area contributed by atoms with E-state index in [1.54, 1.807) is 12.1 Å². The van der Waals surface area contributed by atoms with Crippen molar-refractivity contribution < 1.29 is 9.53 Å². The van der Waals surface area contributed by atoms with E-state index >= 15 is 0 Å². The van der Waals surface area contributed by atoms with Crippen molar-refractivity contribution in [1.82, 2.24) is 9.78 Å². The van der Waals surface area contributed by atoms with E-state index in [0.29, 0.717) is 12.3 Å². The van der Waals surface area contributed by atoms with Gasteiger partial charge in [-0.25, -0.2) is 9.48 Å². The fraction of sp³-hybridized carbons (Fsp3) is 0.353. The molecule has 1 aromatic carbocycles. The second-order valence-corrected chi connectivity index (χ2v) is 5.02. The van der Waals surface area contributed by atoms with Gasteiger partial charge in [-0.2, -0.15) is 5.10 Å². The highest BCUT2D eigenvalue weighted by molar-refractivity contribution is 5.88. The third-order valence-corrected chi connectivity index (χ3v) is 3.34. The number of rotatable bonds is 6. The summed E-state index contributed by atoms with van der Waals surface area (Å²) in [4.78, 5) is 23.8. The number of benzene rings is 1. The Morgan fingerprint density at radius 3 is 2.50 bits per heavy atom. The van der Waals surface area contributed by atoms with Gasteiger partial charge in [0.25, 0.3) is 5.56 Å². The Morgan fingerprint density at radius 2 is 1.86 bits per heavy atom. The molecule has 0 aliphatic rings. The molecule has 0 fully saturated rings. The van der Waals surface area contributed by atoms with Gasteiger partial charge in [-0.1, -0.05) is 32.4 Å².